The van der Waals surface area contributed by atoms with Crippen LogP contribution in [0.5, 0.6) is 0 Å². The minimum absolute atomic E-state index is 0.108. The Morgan fingerprint density at radius 1 is 0.776 bits per heavy atom. The number of benzene rings is 5. The maximum absolute atomic E-state index is 15.3. The van der Waals surface area contributed by atoms with E-state index in [0.717, 1.165) is 29.6 Å². The van der Waals surface area contributed by atoms with Crippen LogP contribution < -0.4 is 14.7 Å². The van der Waals surface area contributed by atoms with Crippen LogP contribution in [0.15, 0.2) is 133 Å². The Hall–Kier alpha value is -5.92. The molecular formula is C46H48N4O7Si. The Morgan fingerprint density at radius 3 is 1.86 bits per heavy atom. The van der Waals surface area contributed by atoms with E-state index in [4.69, 9.17) is 4.74 Å². The quantitative estimate of drug-likeness (QED) is 0.0860. The van der Waals surface area contributed by atoms with Gasteiger partial charge in [-0.1, -0.05) is 85.8 Å². The zero-order valence-corrected chi connectivity index (χ0v) is 33.8. The van der Waals surface area contributed by atoms with Crippen LogP contribution in [0.2, 0.25) is 18.6 Å². The number of aliphatic hydroxyl groups excluding tert-OH is 1. The van der Waals surface area contributed by atoms with E-state index in [1.54, 1.807) is 33.9 Å². The summed E-state index contributed by atoms with van der Waals surface area (Å²) in [5.41, 5.74) is 3.26. The van der Waals surface area contributed by atoms with Gasteiger partial charge in [0.1, 0.15) is 0 Å². The highest BCUT2D eigenvalue weighted by Gasteiger charge is 2.66. The molecule has 5 aromatic carbocycles. The van der Waals surface area contributed by atoms with Crippen molar-refractivity contribution in [3.05, 3.63) is 150 Å². The summed E-state index contributed by atoms with van der Waals surface area (Å²) in [6, 6.07) is 40.8. The number of ether oxygens (including phenoxy) is 1. The third kappa shape index (κ3) is 7.71. The summed E-state index contributed by atoms with van der Waals surface area (Å²) in [4.78, 5) is 72.4. The molecule has 0 unspecified atom stereocenters. The topological polar surface area (TPSA) is 131 Å². The lowest BCUT2D eigenvalue weighted by atomic mass is 9.82. The molecule has 11 nitrogen and oxygen atoms in total. The molecule has 2 aliphatic rings. The molecule has 1 spiro atoms. The number of hydrogen-bond donors (Lipinski definition) is 2. The van der Waals surface area contributed by atoms with Crippen molar-refractivity contribution in [3.63, 3.8) is 0 Å². The molecule has 2 heterocycles. The Morgan fingerprint density at radius 2 is 1.31 bits per heavy atom. The molecule has 2 N–H and O–H groups in total. The van der Waals surface area contributed by atoms with E-state index in [1.165, 1.54) is 4.90 Å². The predicted octanol–water partition coefficient (Wildman–Crippen LogP) is 7.03. The average molecular weight is 797 g/mol. The van der Waals surface area contributed by atoms with Gasteiger partial charge in [-0.3, -0.25) is 29.0 Å². The van der Waals surface area contributed by atoms with Gasteiger partial charge in [0.05, 0.1) is 31.4 Å². The molecule has 0 bridgehead atoms. The number of fused-ring (bicyclic) bond motifs is 2. The highest BCUT2D eigenvalue weighted by atomic mass is 28.4. The largest absolute Gasteiger partial charge is 0.432 e. The van der Waals surface area contributed by atoms with Crippen molar-refractivity contribution < 1.29 is 33.8 Å². The fourth-order valence-electron chi connectivity index (χ4n) is 8.75. The van der Waals surface area contributed by atoms with Crippen LogP contribution in [0.3, 0.4) is 0 Å². The van der Waals surface area contributed by atoms with Gasteiger partial charge < -0.3 is 24.4 Å². The second kappa shape index (κ2) is 16.9. The molecule has 1 saturated heterocycles. The molecule has 0 saturated carbocycles. The van der Waals surface area contributed by atoms with Gasteiger partial charge in [-0.25, -0.2) is 0 Å². The Bertz CT molecular complexity index is 2240. The first-order valence-corrected chi connectivity index (χ1v) is 22.5. The van der Waals surface area contributed by atoms with Crippen LogP contribution in [-0.4, -0.2) is 67.0 Å². The maximum Gasteiger partial charge on any atom is 0.264 e. The van der Waals surface area contributed by atoms with Crippen LogP contribution in [0.4, 0.5) is 28.4 Å². The molecule has 0 radical (unpaired) electrons. The molecular weight excluding hydrogens is 749 g/mol. The van der Waals surface area contributed by atoms with Gasteiger partial charge in [-0.05, 0) is 78.8 Å². The normalized spacial score (nSPS) is 19.8. The van der Waals surface area contributed by atoms with E-state index in [1.807, 2.05) is 134 Å². The third-order valence-electron chi connectivity index (χ3n) is 11.4. The van der Waals surface area contributed by atoms with E-state index in [-0.39, 0.29) is 44.5 Å². The van der Waals surface area contributed by atoms with Crippen molar-refractivity contribution in [1.29, 1.82) is 0 Å². The predicted molar refractivity (Wildman–Crippen MR) is 226 cm³/mol. The minimum atomic E-state index is -3.14. The van der Waals surface area contributed by atoms with Crippen LogP contribution in [-0.2, 0) is 42.6 Å². The monoisotopic (exact) mass is 796 g/mol. The number of carbonyl (C=O) groups excluding carboxylic acids is 4. The van der Waals surface area contributed by atoms with Crippen LogP contribution in [0, 0.1) is 5.92 Å². The summed E-state index contributed by atoms with van der Waals surface area (Å²) < 4.78 is 7.03. The van der Waals surface area contributed by atoms with Crippen LogP contribution in [0.1, 0.15) is 30.0 Å². The van der Waals surface area contributed by atoms with Gasteiger partial charge in [0.2, 0.25) is 18.7 Å². The van der Waals surface area contributed by atoms with E-state index in [2.05, 4.69) is 0 Å². The van der Waals surface area contributed by atoms with E-state index < -0.39 is 31.5 Å². The summed E-state index contributed by atoms with van der Waals surface area (Å²) in [6.07, 6.45) is 0.558. The Labute approximate surface area is 339 Å². The first-order valence-electron chi connectivity index (χ1n) is 19.5. The van der Waals surface area contributed by atoms with Crippen molar-refractivity contribution >= 4 is 61.4 Å². The van der Waals surface area contributed by atoms with Gasteiger partial charge in [-0.2, -0.15) is 0 Å². The van der Waals surface area contributed by atoms with Crippen molar-refractivity contribution in [1.82, 2.24) is 4.90 Å². The molecule has 58 heavy (non-hydrogen) atoms. The maximum atomic E-state index is 15.3. The molecule has 4 atom stereocenters. The number of rotatable bonds is 15. The first kappa shape index (κ1) is 40.3. The zero-order valence-electron chi connectivity index (χ0n) is 32.8. The lowest BCUT2D eigenvalue weighted by molar-refractivity contribution is -0.150. The number of carbonyl (C=O) groups is 4. The van der Waals surface area contributed by atoms with Crippen molar-refractivity contribution in [2.45, 2.75) is 56.8 Å². The summed E-state index contributed by atoms with van der Waals surface area (Å²) in [5.74, 6) is -1.16. The lowest BCUT2D eigenvalue weighted by Gasteiger charge is -2.33. The lowest BCUT2D eigenvalue weighted by Crippen LogP contribution is -2.46. The Balaban J connectivity index is 1.27. The number of hydrogen-bond acceptors (Lipinski definition) is 7. The van der Waals surface area contributed by atoms with Gasteiger partial charge in [-0.15, -0.1) is 0 Å². The van der Waals surface area contributed by atoms with Crippen LogP contribution in [0.25, 0.3) is 0 Å². The molecule has 0 aromatic heterocycles. The van der Waals surface area contributed by atoms with Gasteiger partial charge in [0.25, 0.3) is 5.91 Å². The number of anilines is 5. The molecule has 4 amide bonds. The Kier molecular flexibility index (Phi) is 11.7. The van der Waals surface area contributed by atoms with Crippen molar-refractivity contribution in [2.75, 3.05) is 27.9 Å². The van der Waals surface area contributed by atoms with Gasteiger partial charge in [0, 0.05) is 52.9 Å². The van der Waals surface area contributed by atoms with Crippen molar-refractivity contribution in [2.24, 2.45) is 5.92 Å². The highest BCUT2D eigenvalue weighted by Crippen LogP contribution is 2.60. The highest BCUT2D eigenvalue weighted by molar-refractivity contribution is 6.71. The minimum Gasteiger partial charge on any atom is -0.432 e. The molecule has 298 valence electrons. The van der Waals surface area contributed by atoms with Crippen LogP contribution >= 0.6 is 0 Å². The molecule has 0 aliphatic carbocycles. The smallest absolute Gasteiger partial charge is 0.264 e. The molecule has 1 fully saturated rings. The molecule has 5 aromatic rings. The zero-order chi connectivity index (χ0) is 41.0. The fourth-order valence-corrected chi connectivity index (χ4v) is 11.3. The SMILES string of the molecule is C[C@@H]1[C@@H]([Si](C)(C)O)[C@H](CC(=O)N(CCO)Cc2ccccc2)O[C@@]12C(=O)N(Cc1ccc(N(C=O)c3ccccc3)cc1)c1ccc(N(C=O)c3ccccc3)cc12. The molecule has 12 heteroatoms. The fraction of sp³-hybridized carbons (Fsp3) is 0.261. The number of nitrogens with zero attached hydrogens (tertiary/aromatic N) is 4. The molecule has 2 aliphatic heterocycles. The average Bonchev–Trinajstić information content (AvgIpc) is 3.65. The summed E-state index contributed by atoms with van der Waals surface area (Å²) in [7, 11) is -3.14. The molecule has 7 rings (SSSR count). The van der Waals surface area contributed by atoms with Crippen molar-refractivity contribution in [3.8, 4) is 0 Å². The number of aliphatic hydroxyl groups is 1. The van der Waals surface area contributed by atoms with E-state index in [9.17, 15) is 24.3 Å². The van der Waals surface area contributed by atoms with Gasteiger partial charge in [0.15, 0.2) is 13.9 Å². The van der Waals surface area contributed by atoms with E-state index in [0.29, 0.717) is 28.3 Å². The van der Waals surface area contributed by atoms with E-state index >= 15 is 4.79 Å². The number of amides is 4. The third-order valence-corrected chi connectivity index (χ3v) is 13.9. The number of para-hydroxylation sites is 2. The standard InChI is InChI=1S/C46H48N4O7Si/c1-33-44(58(2,3)56)42(28-43(54)47(25-26-51)29-34-13-7-4-8-14-34)57-46(33)40-27-39(50(32-53)37-17-11-6-12-18-37)23-24-41(40)48(45(46)55)30-35-19-21-38(22-20-35)49(31-52)36-15-9-5-10-16-36/h4-24,27,31-33,42,44,51,56H,25-26,28-30H2,1-3H3/t33-,42+,44-,46+/m1/s1. The first-order chi connectivity index (χ1) is 28.0. The second-order valence-corrected chi connectivity index (χ2v) is 19.4. The summed E-state index contributed by atoms with van der Waals surface area (Å²) in [6.45, 7) is 5.86. The summed E-state index contributed by atoms with van der Waals surface area (Å²) >= 11 is 0. The second-order valence-electron chi connectivity index (χ2n) is 15.5. The summed E-state index contributed by atoms with van der Waals surface area (Å²) in [5, 5.41) is 9.94. The van der Waals surface area contributed by atoms with Gasteiger partial charge >= 0.3 is 0 Å².